The molecule has 26 heavy (non-hydrogen) atoms. The van der Waals surface area contributed by atoms with E-state index in [2.05, 4.69) is 16.9 Å². The Morgan fingerprint density at radius 2 is 1.58 bits per heavy atom. The van der Waals surface area contributed by atoms with Crippen LogP contribution >= 0.6 is 0 Å². The number of aliphatic hydroxyl groups excluding tert-OH is 1. The highest BCUT2D eigenvalue weighted by Gasteiger charge is 2.13. The Bertz CT molecular complexity index is 628. The molecule has 142 valence electrons. The highest BCUT2D eigenvalue weighted by atomic mass is 16.5. The topological polar surface area (TPSA) is 55.2 Å². The second-order valence-corrected chi connectivity index (χ2v) is 6.72. The number of aliphatic hydroxyl groups is 1. The van der Waals surface area contributed by atoms with Crippen molar-refractivity contribution in [1.29, 1.82) is 0 Å². The van der Waals surface area contributed by atoms with Crippen molar-refractivity contribution in [3.05, 3.63) is 42.2 Å². The minimum Gasteiger partial charge on any atom is -0.490 e. The molecule has 4 heteroatoms. The van der Waals surface area contributed by atoms with Gasteiger partial charge in [0.15, 0.2) is 11.6 Å². The Kier molecular flexibility index (Phi) is 9.11. The summed E-state index contributed by atoms with van der Waals surface area (Å²) >= 11 is 0. The number of aromatic nitrogens is 2. The van der Waals surface area contributed by atoms with Crippen LogP contribution in [-0.2, 0) is 0 Å². The van der Waals surface area contributed by atoms with Crippen LogP contribution < -0.4 is 4.74 Å². The molecule has 0 aliphatic heterocycles. The molecule has 2 rings (SSSR count). The summed E-state index contributed by atoms with van der Waals surface area (Å²) in [5, 5.41) is 10.2. The molecule has 0 saturated carbocycles. The summed E-state index contributed by atoms with van der Waals surface area (Å²) in [7, 11) is 0. The number of nitrogens with zero attached hydrogens (tertiary/aromatic N) is 2. The molecule has 1 aromatic carbocycles. The van der Waals surface area contributed by atoms with Crippen molar-refractivity contribution in [2.24, 2.45) is 0 Å². The predicted octanol–water partition coefficient (Wildman–Crippen LogP) is 5.72. The van der Waals surface area contributed by atoms with Crippen LogP contribution in [0.3, 0.4) is 0 Å². The van der Waals surface area contributed by atoms with Crippen LogP contribution in [0.1, 0.15) is 76.9 Å². The van der Waals surface area contributed by atoms with Gasteiger partial charge in [-0.1, -0.05) is 76.6 Å². The number of unbranched alkanes of at least 4 members (excludes halogenated alkanes) is 6. The molecule has 0 aliphatic carbocycles. The third kappa shape index (κ3) is 6.41. The highest BCUT2D eigenvalue weighted by molar-refractivity contribution is 5.60. The van der Waals surface area contributed by atoms with E-state index in [4.69, 9.17) is 4.74 Å². The van der Waals surface area contributed by atoms with Crippen molar-refractivity contribution < 1.29 is 9.84 Å². The summed E-state index contributed by atoms with van der Waals surface area (Å²) < 4.78 is 5.75. The van der Waals surface area contributed by atoms with Crippen molar-refractivity contribution in [1.82, 2.24) is 9.97 Å². The Morgan fingerprint density at radius 3 is 2.27 bits per heavy atom. The molecule has 4 nitrogen and oxygen atoms in total. The van der Waals surface area contributed by atoms with E-state index in [1.165, 1.54) is 38.5 Å². The molecular weight excluding hydrogens is 324 g/mol. The van der Waals surface area contributed by atoms with E-state index < -0.39 is 6.10 Å². The van der Waals surface area contributed by atoms with Gasteiger partial charge in [0.25, 0.3) is 0 Å². The number of hydrogen-bond donors (Lipinski definition) is 1. The monoisotopic (exact) mass is 356 g/mol. The van der Waals surface area contributed by atoms with Gasteiger partial charge < -0.3 is 9.84 Å². The van der Waals surface area contributed by atoms with Crippen LogP contribution in [-0.4, -0.2) is 21.7 Å². The Balaban J connectivity index is 1.82. The molecule has 1 N–H and O–H groups in total. The van der Waals surface area contributed by atoms with Gasteiger partial charge in [-0.2, -0.15) is 0 Å². The smallest absolute Gasteiger partial charge is 0.159 e. The summed E-state index contributed by atoms with van der Waals surface area (Å²) in [6.07, 6.45) is 12.5. The van der Waals surface area contributed by atoms with Gasteiger partial charge in [-0.05, 0) is 18.4 Å². The third-order valence-corrected chi connectivity index (χ3v) is 4.59. The van der Waals surface area contributed by atoms with Crippen LogP contribution in [0.2, 0.25) is 0 Å². The van der Waals surface area contributed by atoms with Gasteiger partial charge >= 0.3 is 0 Å². The van der Waals surface area contributed by atoms with E-state index in [1.54, 1.807) is 12.4 Å². The second kappa shape index (κ2) is 11.6. The summed E-state index contributed by atoms with van der Waals surface area (Å²) in [6.45, 7) is 4.91. The molecule has 0 amide bonds. The lowest BCUT2D eigenvalue weighted by Crippen LogP contribution is -2.02. The fourth-order valence-corrected chi connectivity index (χ4v) is 2.99. The second-order valence-electron chi connectivity index (χ2n) is 6.72. The molecule has 1 atom stereocenters. The molecular formula is C22H32N2O2. The maximum Gasteiger partial charge on any atom is 0.159 e. The van der Waals surface area contributed by atoms with Gasteiger partial charge in [0, 0.05) is 5.56 Å². The Morgan fingerprint density at radius 1 is 0.923 bits per heavy atom. The first kappa shape index (κ1) is 20.4. The quantitative estimate of drug-likeness (QED) is 0.494. The minimum absolute atomic E-state index is 0.497. The number of ether oxygens (including phenoxy) is 1. The molecule has 0 radical (unpaired) electrons. The molecule has 0 aliphatic rings. The van der Waals surface area contributed by atoms with Crippen LogP contribution in [0.5, 0.6) is 5.75 Å². The Labute approximate surface area is 157 Å². The molecule has 1 aromatic heterocycles. The van der Waals surface area contributed by atoms with Crippen LogP contribution in [0.15, 0.2) is 36.7 Å². The van der Waals surface area contributed by atoms with Crippen molar-refractivity contribution >= 4 is 0 Å². The highest BCUT2D eigenvalue weighted by Crippen LogP contribution is 2.27. The van der Waals surface area contributed by atoms with Crippen LogP contribution in [0, 0.1) is 0 Å². The zero-order valence-corrected chi connectivity index (χ0v) is 16.2. The maximum atomic E-state index is 10.2. The van der Waals surface area contributed by atoms with Gasteiger partial charge in [0.1, 0.15) is 0 Å². The van der Waals surface area contributed by atoms with E-state index in [1.807, 2.05) is 31.2 Å². The first-order valence-electron chi connectivity index (χ1n) is 9.98. The zero-order chi connectivity index (χ0) is 18.6. The van der Waals surface area contributed by atoms with Crippen molar-refractivity contribution in [2.45, 2.75) is 71.3 Å². The summed E-state index contributed by atoms with van der Waals surface area (Å²) in [6, 6.07) is 7.74. The van der Waals surface area contributed by atoms with Gasteiger partial charge in [-0.3, -0.25) is 0 Å². The maximum absolute atomic E-state index is 10.2. The fourth-order valence-electron chi connectivity index (χ4n) is 2.99. The fraction of sp³-hybridized carbons (Fsp3) is 0.545. The lowest BCUT2D eigenvalue weighted by Gasteiger charge is -2.13. The van der Waals surface area contributed by atoms with E-state index in [0.29, 0.717) is 24.6 Å². The molecule has 1 heterocycles. The summed E-state index contributed by atoms with van der Waals surface area (Å²) in [4.78, 5) is 8.86. The molecule has 0 spiro atoms. The first-order valence-corrected chi connectivity index (χ1v) is 9.98. The first-order chi connectivity index (χ1) is 12.8. The molecule has 1 unspecified atom stereocenters. The van der Waals surface area contributed by atoms with Crippen molar-refractivity contribution in [3.8, 4) is 17.1 Å². The van der Waals surface area contributed by atoms with Crippen LogP contribution in [0.4, 0.5) is 0 Å². The summed E-state index contributed by atoms with van der Waals surface area (Å²) in [5.41, 5.74) is 1.74. The number of hydrogen-bond acceptors (Lipinski definition) is 4. The average Bonchev–Trinajstić information content (AvgIpc) is 2.70. The third-order valence-electron chi connectivity index (χ3n) is 4.59. The lowest BCUT2D eigenvalue weighted by atomic mass is 10.0. The zero-order valence-electron chi connectivity index (χ0n) is 16.2. The van der Waals surface area contributed by atoms with E-state index in [9.17, 15) is 5.11 Å². The van der Waals surface area contributed by atoms with Crippen molar-refractivity contribution in [2.75, 3.05) is 6.61 Å². The predicted molar refractivity (Wildman–Crippen MR) is 106 cm³/mol. The van der Waals surface area contributed by atoms with E-state index in [-0.39, 0.29) is 0 Å². The molecule has 2 aromatic rings. The van der Waals surface area contributed by atoms with Gasteiger partial charge in [-0.25, -0.2) is 9.97 Å². The number of rotatable bonds is 12. The standard InChI is InChI=1S/C22H32N2O2/c1-3-5-6-7-8-9-12-15-26-18-16-23-22(24-17-18)20-14-11-10-13-19(20)21(25)4-2/h10-11,13-14,16-17,21,25H,3-9,12,15H2,1-2H3. The largest absolute Gasteiger partial charge is 0.490 e. The number of benzene rings is 1. The molecule has 0 saturated heterocycles. The Hall–Kier alpha value is -1.94. The normalized spacial score (nSPS) is 12.1. The lowest BCUT2D eigenvalue weighted by molar-refractivity contribution is 0.174. The van der Waals surface area contributed by atoms with Crippen molar-refractivity contribution in [3.63, 3.8) is 0 Å². The SMILES string of the molecule is CCCCCCCCCOc1cnc(-c2ccccc2C(O)CC)nc1. The van der Waals surface area contributed by atoms with Gasteiger partial charge in [0.05, 0.1) is 25.1 Å². The van der Waals surface area contributed by atoms with Crippen LogP contribution in [0.25, 0.3) is 11.4 Å². The molecule has 0 bridgehead atoms. The molecule has 0 fully saturated rings. The minimum atomic E-state index is -0.497. The van der Waals surface area contributed by atoms with Gasteiger partial charge in [0.2, 0.25) is 0 Å². The average molecular weight is 357 g/mol. The van der Waals surface area contributed by atoms with Gasteiger partial charge in [-0.15, -0.1) is 0 Å². The van der Waals surface area contributed by atoms with E-state index in [0.717, 1.165) is 17.5 Å². The summed E-state index contributed by atoms with van der Waals surface area (Å²) in [5.74, 6) is 1.32. The van der Waals surface area contributed by atoms with E-state index >= 15 is 0 Å².